The summed E-state index contributed by atoms with van der Waals surface area (Å²) in [7, 11) is -0.494. The highest BCUT2D eigenvalue weighted by molar-refractivity contribution is 7.73. The Hall–Kier alpha value is -3.87. The standard InChI is InChI=1S/C34H29N2P/c1-24-12-9-13-25(2)32(24)36-34-30-21-11-15-26-14-10-20-29(31(26)30)33(34)35-22-23-37(27-16-5-3-6-17-27)28-18-7-4-8-19-28/h3-21H,22-23H2,1-2H3. The van der Waals surface area contributed by atoms with Gasteiger partial charge in [0.25, 0.3) is 0 Å². The predicted octanol–water partition coefficient (Wildman–Crippen LogP) is 7.51. The highest BCUT2D eigenvalue weighted by Gasteiger charge is 2.27. The molecule has 0 fully saturated rings. The molecule has 5 aromatic carbocycles. The summed E-state index contributed by atoms with van der Waals surface area (Å²) < 4.78 is 0. The second-order valence-corrected chi connectivity index (χ2v) is 11.8. The van der Waals surface area contributed by atoms with Crippen LogP contribution in [0.2, 0.25) is 0 Å². The van der Waals surface area contributed by atoms with E-state index in [1.54, 1.807) is 0 Å². The van der Waals surface area contributed by atoms with E-state index in [0.717, 1.165) is 29.8 Å². The number of rotatable bonds is 6. The zero-order valence-electron chi connectivity index (χ0n) is 21.2. The number of hydrogen-bond acceptors (Lipinski definition) is 2. The van der Waals surface area contributed by atoms with Gasteiger partial charge in [0.1, 0.15) is 0 Å². The summed E-state index contributed by atoms with van der Waals surface area (Å²) in [4.78, 5) is 10.6. The average molecular weight is 497 g/mol. The van der Waals surface area contributed by atoms with Crippen molar-refractivity contribution in [3.05, 3.63) is 138 Å². The van der Waals surface area contributed by atoms with Crippen molar-refractivity contribution in [2.75, 3.05) is 12.7 Å². The Morgan fingerprint density at radius 1 is 0.568 bits per heavy atom. The number of benzene rings is 5. The zero-order chi connectivity index (χ0) is 25.2. The summed E-state index contributed by atoms with van der Waals surface area (Å²) in [6.07, 6.45) is 0.996. The fraction of sp³-hybridized carbons (Fsp3) is 0.118. The van der Waals surface area contributed by atoms with Crippen LogP contribution in [0.5, 0.6) is 0 Å². The molecule has 0 aromatic heterocycles. The highest BCUT2D eigenvalue weighted by Crippen LogP contribution is 2.36. The second-order valence-electron chi connectivity index (χ2n) is 9.46. The Morgan fingerprint density at radius 3 is 1.70 bits per heavy atom. The third-order valence-electron chi connectivity index (χ3n) is 7.03. The molecule has 0 saturated carbocycles. The van der Waals surface area contributed by atoms with Crippen molar-refractivity contribution in [2.24, 2.45) is 9.98 Å². The van der Waals surface area contributed by atoms with Gasteiger partial charge in [-0.2, -0.15) is 0 Å². The smallest absolute Gasteiger partial charge is 0.0974 e. The van der Waals surface area contributed by atoms with Crippen LogP contribution in [-0.4, -0.2) is 24.1 Å². The molecule has 0 heterocycles. The van der Waals surface area contributed by atoms with Gasteiger partial charge < -0.3 is 0 Å². The van der Waals surface area contributed by atoms with Crippen molar-refractivity contribution < 1.29 is 0 Å². The molecule has 6 rings (SSSR count). The topological polar surface area (TPSA) is 24.7 Å². The van der Waals surface area contributed by atoms with E-state index < -0.39 is 7.92 Å². The van der Waals surface area contributed by atoms with E-state index in [2.05, 4.69) is 129 Å². The lowest BCUT2D eigenvalue weighted by Gasteiger charge is -2.18. The summed E-state index contributed by atoms with van der Waals surface area (Å²) in [6.45, 7) is 5.03. The molecule has 3 heteroatoms. The van der Waals surface area contributed by atoms with Crippen LogP contribution in [0.4, 0.5) is 5.69 Å². The van der Waals surface area contributed by atoms with Crippen LogP contribution in [0.25, 0.3) is 10.8 Å². The van der Waals surface area contributed by atoms with Gasteiger partial charge in [0.05, 0.1) is 17.1 Å². The largest absolute Gasteiger partial charge is 0.282 e. The van der Waals surface area contributed by atoms with E-state index in [4.69, 9.17) is 9.98 Å². The van der Waals surface area contributed by atoms with Crippen LogP contribution < -0.4 is 10.6 Å². The molecule has 0 amide bonds. The number of nitrogens with zero attached hydrogens (tertiary/aromatic N) is 2. The Balaban J connectivity index is 1.43. The molecule has 1 aliphatic carbocycles. The molecular formula is C34H29N2P. The van der Waals surface area contributed by atoms with Crippen LogP contribution in [-0.2, 0) is 0 Å². The van der Waals surface area contributed by atoms with E-state index in [-0.39, 0.29) is 0 Å². The maximum Gasteiger partial charge on any atom is 0.0974 e. The van der Waals surface area contributed by atoms with Crippen molar-refractivity contribution in [3.8, 4) is 0 Å². The lowest BCUT2D eigenvalue weighted by Crippen LogP contribution is -2.17. The molecule has 0 unspecified atom stereocenters. The first kappa shape index (κ1) is 23.5. The van der Waals surface area contributed by atoms with Gasteiger partial charge in [0.15, 0.2) is 0 Å². The van der Waals surface area contributed by atoms with Crippen molar-refractivity contribution in [1.29, 1.82) is 0 Å². The van der Waals surface area contributed by atoms with Crippen molar-refractivity contribution in [2.45, 2.75) is 13.8 Å². The van der Waals surface area contributed by atoms with Gasteiger partial charge in [-0.1, -0.05) is 115 Å². The lowest BCUT2D eigenvalue weighted by molar-refractivity contribution is 1.14. The predicted molar refractivity (Wildman–Crippen MR) is 161 cm³/mol. The van der Waals surface area contributed by atoms with E-state index in [0.29, 0.717) is 0 Å². The maximum absolute atomic E-state index is 5.29. The molecule has 0 N–H and O–H groups in total. The van der Waals surface area contributed by atoms with Gasteiger partial charge in [0.2, 0.25) is 0 Å². The number of aryl methyl sites for hydroxylation is 2. The van der Waals surface area contributed by atoms with Crippen LogP contribution in [0.1, 0.15) is 22.3 Å². The molecule has 1 aliphatic rings. The minimum atomic E-state index is -0.494. The van der Waals surface area contributed by atoms with Crippen molar-refractivity contribution >= 4 is 46.4 Å². The normalized spacial score (nSPS) is 14.8. The van der Waals surface area contributed by atoms with Gasteiger partial charge in [-0.05, 0) is 55.1 Å². The first-order valence-corrected chi connectivity index (χ1v) is 14.3. The molecule has 0 saturated heterocycles. The molecule has 5 aromatic rings. The van der Waals surface area contributed by atoms with Crippen LogP contribution in [0.3, 0.4) is 0 Å². The third-order valence-corrected chi connectivity index (χ3v) is 9.52. The van der Waals surface area contributed by atoms with Crippen LogP contribution in [0, 0.1) is 13.8 Å². The van der Waals surface area contributed by atoms with E-state index in [1.807, 2.05) is 0 Å². The minimum Gasteiger partial charge on any atom is -0.282 e. The second kappa shape index (κ2) is 10.2. The van der Waals surface area contributed by atoms with Crippen LogP contribution in [0.15, 0.2) is 125 Å². The van der Waals surface area contributed by atoms with Gasteiger partial charge in [0, 0.05) is 23.1 Å². The maximum atomic E-state index is 5.29. The molecule has 37 heavy (non-hydrogen) atoms. The minimum absolute atomic E-state index is 0.494. The molecule has 2 nitrogen and oxygen atoms in total. The average Bonchev–Trinajstić information content (AvgIpc) is 3.24. The summed E-state index contributed by atoms with van der Waals surface area (Å²) >= 11 is 0. The summed E-state index contributed by atoms with van der Waals surface area (Å²) in [5, 5.41) is 5.29. The molecule has 0 bridgehead atoms. The van der Waals surface area contributed by atoms with E-state index in [9.17, 15) is 0 Å². The highest BCUT2D eigenvalue weighted by atomic mass is 31.1. The molecule has 0 spiro atoms. The van der Waals surface area contributed by atoms with Crippen molar-refractivity contribution in [3.63, 3.8) is 0 Å². The SMILES string of the molecule is Cc1cccc(C)c1N=C1C(=NCCP(c2ccccc2)c2ccccc2)c2cccc3cccc1c23. The Bertz CT molecular complexity index is 1570. The van der Waals surface area contributed by atoms with Gasteiger partial charge >= 0.3 is 0 Å². The first-order valence-electron chi connectivity index (χ1n) is 12.8. The molecule has 180 valence electrons. The quantitative estimate of drug-likeness (QED) is 0.217. The Morgan fingerprint density at radius 2 is 1.11 bits per heavy atom. The molecule has 0 aliphatic heterocycles. The monoisotopic (exact) mass is 496 g/mol. The number of hydrogen-bond donors (Lipinski definition) is 0. The summed E-state index contributed by atoms with van der Waals surface area (Å²) in [5.74, 6) is 0. The molecular weight excluding hydrogens is 467 g/mol. The Labute approximate surface area is 220 Å². The van der Waals surface area contributed by atoms with Crippen LogP contribution >= 0.6 is 7.92 Å². The fourth-order valence-corrected chi connectivity index (χ4v) is 7.42. The summed E-state index contributed by atoms with van der Waals surface area (Å²) in [6, 6.07) is 41.2. The fourth-order valence-electron chi connectivity index (χ4n) is 5.24. The zero-order valence-corrected chi connectivity index (χ0v) is 22.1. The first-order chi connectivity index (χ1) is 18.2. The molecule has 0 atom stereocenters. The summed E-state index contributed by atoms with van der Waals surface area (Å²) in [5.41, 5.74) is 7.81. The van der Waals surface area contributed by atoms with Gasteiger partial charge in [-0.3, -0.25) is 4.99 Å². The van der Waals surface area contributed by atoms with Gasteiger partial charge in [-0.25, -0.2) is 4.99 Å². The number of aliphatic imine (C=N–C) groups is 2. The molecule has 0 radical (unpaired) electrons. The lowest BCUT2D eigenvalue weighted by atomic mass is 10.1. The third kappa shape index (κ3) is 4.54. The van der Waals surface area contributed by atoms with Gasteiger partial charge in [-0.15, -0.1) is 0 Å². The number of para-hydroxylation sites is 1. The van der Waals surface area contributed by atoms with Crippen molar-refractivity contribution in [1.82, 2.24) is 0 Å². The Kier molecular flexibility index (Phi) is 6.51. The van der Waals surface area contributed by atoms with E-state index >= 15 is 0 Å². The van der Waals surface area contributed by atoms with E-state index in [1.165, 1.54) is 43.6 Å².